The number of nitrogens with one attached hydrogen (secondary N) is 1. The SMILES string of the molecule is O=C(O)c1cc(Sc2ncn[nH]2)c(F)cc1[N+](=O)[O-]. The molecule has 0 amide bonds. The molecule has 0 aliphatic rings. The Hall–Kier alpha value is -2.49. The summed E-state index contributed by atoms with van der Waals surface area (Å²) in [6.45, 7) is 0. The summed E-state index contributed by atoms with van der Waals surface area (Å²) in [5, 5.41) is 25.8. The van der Waals surface area contributed by atoms with Crippen molar-refractivity contribution in [2.75, 3.05) is 0 Å². The molecule has 0 fully saturated rings. The minimum atomic E-state index is -1.51. The van der Waals surface area contributed by atoms with Crippen molar-refractivity contribution in [3.8, 4) is 0 Å². The molecule has 1 heterocycles. The molecule has 0 radical (unpaired) electrons. The molecule has 2 N–H and O–H groups in total. The fourth-order valence-electron chi connectivity index (χ4n) is 1.29. The van der Waals surface area contributed by atoms with E-state index in [1.165, 1.54) is 6.33 Å². The van der Waals surface area contributed by atoms with Crippen LogP contribution in [-0.2, 0) is 0 Å². The molecule has 2 aromatic rings. The highest BCUT2D eigenvalue weighted by Crippen LogP contribution is 2.32. The van der Waals surface area contributed by atoms with Crippen LogP contribution in [0.1, 0.15) is 10.4 Å². The first-order valence-corrected chi connectivity index (χ1v) is 5.55. The molecular formula is C9H5FN4O4S. The Labute approximate surface area is 108 Å². The van der Waals surface area contributed by atoms with Crippen LogP contribution >= 0.6 is 11.8 Å². The quantitative estimate of drug-likeness (QED) is 0.647. The van der Waals surface area contributed by atoms with Crippen LogP contribution < -0.4 is 0 Å². The number of benzene rings is 1. The molecule has 0 unspecified atom stereocenters. The largest absolute Gasteiger partial charge is 0.477 e. The predicted molar refractivity (Wildman–Crippen MR) is 60.5 cm³/mol. The van der Waals surface area contributed by atoms with Gasteiger partial charge in [0.2, 0.25) is 0 Å². The van der Waals surface area contributed by atoms with E-state index in [0.29, 0.717) is 6.07 Å². The zero-order valence-corrected chi connectivity index (χ0v) is 9.85. The first-order chi connectivity index (χ1) is 8.99. The summed E-state index contributed by atoms with van der Waals surface area (Å²) in [5.41, 5.74) is -1.39. The van der Waals surface area contributed by atoms with Gasteiger partial charge in [0.1, 0.15) is 17.7 Å². The number of carboxylic acids is 1. The van der Waals surface area contributed by atoms with Crippen molar-refractivity contribution in [3.63, 3.8) is 0 Å². The number of aromatic amines is 1. The summed E-state index contributed by atoms with van der Waals surface area (Å²) in [4.78, 5) is 24.3. The minimum Gasteiger partial charge on any atom is -0.477 e. The summed E-state index contributed by atoms with van der Waals surface area (Å²) in [7, 11) is 0. The maximum atomic E-state index is 13.7. The molecule has 0 aliphatic heterocycles. The number of carbonyl (C=O) groups is 1. The van der Waals surface area contributed by atoms with Crippen LogP contribution in [0.2, 0.25) is 0 Å². The highest BCUT2D eigenvalue weighted by Gasteiger charge is 2.23. The van der Waals surface area contributed by atoms with Gasteiger partial charge in [-0.2, -0.15) is 5.10 Å². The average Bonchev–Trinajstić information content (AvgIpc) is 2.83. The smallest absolute Gasteiger partial charge is 0.342 e. The fourth-order valence-corrected chi connectivity index (χ4v) is 2.03. The van der Waals surface area contributed by atoms with Gasteiger partial charge in [-0.15, -0.1) is 0 Å². The van der Waals surface area contributed by atoms with Crippen LogP contribution in [0, 0.1) is 15.9 Å². The molecule has 0 saturated heterocycles. The second-order valence-electron chi connectivity index (χ2n) is 3.25. The molecule has 0 atom stereocenters. The van der Waals surface area contributed by atoms with Crippen molar-refractivity contribution >= 4 is 23.4 Å². The van der Waals surface area contributed by atoms with E-state index >= 15 is 0 Å². The lowest BCUT2D eigenvalue weighted by Gasteiger charge is -2.03. The predicted octanol–water partition coefficient (Wildman–Crippen LogP) is 1.70. The van der Waals surface area contributed by atoms with Gasteiger partial charge in [0, 0.05) is 0 Å². The molecule has 98 valence electrons. The first-order valence-electron chi connectivity index (χ1n) is 4.73. The minimum absolute atomic E-state index is 0.0975. The fraction of sp³-hybridized carbons (Fsp3) is 0. The summed E-state index contributed by atoms with van der Waals surface area (Å²) in [5.74, 6) is -2.41. The van der Waals surface area contributed by atoms with Crippen LogP contribution in [-0.4, -0.2) is 31.2 Å². The van der Waals surface area contributed by atoms with Crippen LogP contribution in [0.3, 0.4) is 0 Å². The number of hydrogen-bond acceptors (Lipinski definition) is 6. The number of halogens is 1. The molecule has 2 rings (SSSR count). The van der Waals surface area contributed by atoms with Crippen LogP contribution in [0.5, 0.6) is 0 Å². The molecule has 1 aromatic heterocycles. The third-order valence-corrected chi connectivity index (χ3v) is 3.00. The number of hydrogen-bond donors (Lipinski definition) is 2. The van der Waals surface area contributed by atoms with Gasteiger partial charge in [-0.1, -0.05) is 0 Å². The number of aromatic carboxylic acids is 1. The second kappa shape index (κ2) is 5.02. The maximum absolute atomic E-state index is 13.7. The van der Waals surface area contributed by atoms with Crippen LogP contribution in [0.25, 0.3) is 0 Å². The number of aromatic nitrogens is 3. The summed E-state index contributed by atoms with van der Waals surface area (Å²) in [6.07, 6.45) is 1.20. The lowest BCUT2D eigenvalue weighted by molar-refractivity contribution is -0.385. The number of nitrogens with zero attached hydrogens (tertiary/aromatic N) is 3. The van der Waals surface area contributed by atoms with Crippen molar-refractivity contribution in [2.24, 2.45) is 0 Å². The van der Waals surface area contributed by atoms with Gasteiger partial charge in [0.15, 0.2) is 5.16 Å². The second-order valence-corrected chi connectivity index (χ2v) is 4.29. The van der Waals surface area contributed by atoms with Crippen molar-refractivity contribution in [3.05, 3.63) is 40.0 Å². The molecule has 1 aromatic carbocycles. The number of carboxylic acid groups (broad SMARTS) is 1. The zero-order valence-electron chi connectivity index (χ0n) is 9.03. The zero-order chi connectivity index (χ0) is 14.0. The normalized spacial score (nSPS) is 10.4. The molecular weight excluding hydrogens is 279 g/mol. The maximum Gasteiger partial charge on any atom is 0.342 e. The molecule has 10 heteroatoms. The van der Waals surface area contributed by atoms with Crippen LogP contribution in [0.4, 0.5) is 10.1 Å². The Kier molecular flexibility index (Phi) is 3.42. The highest BCUT2D eigenvalue weighted by atomic mass is 32.2. The van der Waals surface area contributed by atoms with E-state index in [4.69, 9.17) is 5.11 Å². The van der Waals surface area contributed by atoms with E-state index in [1.54, 1.807) is 0 Å². The van der Waals surface area contributed by atoms with Gasteiger partial charge >= 0.3 is 5.97 Å². The standard InChI is InChI=1S/C9H5FN4O4S/c10-5-2-6(14(17)18)4(8(15)16)1-7(5)19-9-11-3-12-13-9/h1-3H,(H,15,16)(H,11,12,13). The third kappa shape index (κ3) is 2.68. The number of nitro groups is 1. The van der Waals surface area contributed by atoms with E-state index in [1.807, 2.05) is 0 Å². The van der Waals surface area contributed by atoms with Crippen molar-refractivity contribution in [1.82, 2.24) is 15.2 Å². The Morgan fingerprint density at radius 3 is 2.79 bits per heavy atom. The van der Waals surface area contributed by atoms with E-state index in [2.05, 4.69) is 15.2 Å². The van der Waals surface area contributed by atoms with Crippen molar-refractivity contribution in [2.45, 2.75) is 10.1 Å². The molecule has 0 bridgehead atoms. The summed E-state index contributed by atoms with van der Waals surface area (Å²) < 4.78 is 13.7. The monoisotopic (exact) mass is 284 g/mol. The van der Waals surface area contributed by atoms with Crippen molar-refractivity contribution < 1.29 is 19.2 Å². The Morgan fingerprint density at radius 2 is 2.26 bits per heavy atom. The molecule has 8 nitrogen and oxygen atoms in total. The Morgan fingerprint density at radius 1 is 1.53 bits per heavy atom. The van der Waals surface area contributed by atoms with E-state index in [9.17, 15) is 19.3 Å². The molecule has 0 aliphatic carbocycles. The first kappa shape index (κ1) is 13.0. The number of nitro benzene ring substituents is 1. The summed E-state index contributed by atoms with van der Waals surface area (Å²) in [6, 6.07) is 1.46. The Balaban J connectivity index is 2.48. The van der Waals surface area contributed by atoms with Gasteiger partial charge in [-0.25, -0.2) is 14.2 Å². The Bertz CT molecular complexity index is 646. The summed E-state index contributed by atoms with van der Waals surface area (Å²) >= 11 is 0.783. The lowest BCUT2D eigenvalue weighted by Crippen LogP contribution is -2.04. The molecule has 0 saturated carbocycles. The highest BCUT2D eigenvalue weighted by molar-refractivity contribution is 7.99. The van der Waals surface area contributed by atoms with E-state index in [-0.39, 0.29) is 10.1 Å². The topological polar surface area (TPSA) is 122 Å². The third-order valence-electron chi connectivity index (χ3n) is 2.08. The van der Waals surface area contributed by atoms with Gasteiger partial charge in [0.05, 0.1) is 15.9 Å². The number of rotatable bonds is 4. The average molecular weight is 284 g/mol. The molecule has 19 heavy (non-hydrogen) atoms. The van der Waals surface area contributed by atoms with Crippen LogP contribution in [0.15, 0.2) is 28.5 Å². The van der Waals surface area contributed by atoms with Gasteiger partial charge in [-0.3, -0.25) is 15.2 Å². The lowest BCUT2D eigenvalue weighted by atomic mass is 10.2. The van der Waals surface area contributed by atoms with E-state index < -0.39 is 28.0 Å². The van der Waals surface area contributed by atoms with Gasteiger partial charge in [-0.05, 0) is 17.8 Å². The number of H-pyrrole nitrogens is 1. The van der Waals surface area contributed by atoms with Gasteiger partial charge in [0.25, 0.3) is 5.69 Å². The van der Waals surface area contributed by atoms with E-state index in [0.717, 1.165) is 17.8 Å². The molecule has 0 spiro atoms. The van der Waals surface area contributed by atoms with Crippen molar-refractivity contribution in [1.29, 1.82) is 0 Å². The van der Waals surface area contributed by atoms with Gasteiger partial charge < -0.3 is 5.11 Å².